The second-order valence-electron chi connectivity index (χ2n) is 5.40. The van der Waals surface area contributed by atoms with E-state index in [1.54, 1.807) is 17.5 Å². The molecule has 0 amide bonds. The van der Waals surface area contributed by atoms with Gasteiger partial charge in [0, 0.05) is 24.1 Å². The first-order chi connectivity index (χ1) is 11.8. The van der Waals surface area contributed by atoms with Crippen LogP contribution in [0.1, 0.15) is 11.4 Å². The number of aromatic nitrogens is 5. The number of anilines is 1. The topological polar surface area (TPSA) is 97.8 Å². The molecule has 134 valence electrons. The maximum Gasteiger partial charge on any atom is 0.296 e. The third-order valence-corrected chi connectivity index (χ3v) is 4.62. The van der Waals surface area contributed by atoms with Crippen LogP contribution >= 0.6 is 36.4 Å². The van der Waals surface area contributed by atoms with Crippen molar-refractivity contribution in [2.24, 2.45) is 5.92 Å². The molecule has 3 aromatic rings. The monoisotopic (exact) mass is 400 g/mol. The molecular formula is C14H17ClN6O2S2. The van der Waals surface area contributed by atoms with Crippen LogP contribution in [0.25, 0.3) is 11.2 Å². The standard InChI is InChI=1S/C14H15ClN6O2S.H2S/c15-13-19-11(17-5-9-16-2-4-24-9)10-12(20-13)21-14(18-10)23-7-8-1-3-22-6-8;/h2,4,8H,1,3,5-7H2,(H2,17,18,19,20,21);1H2/t8-;/m1./s1. The summed E-state index contributed by atoms with van der Waals surface area (Å²) in [5.74, 6) is 0.974. The number of imidazole rings is 1. The second kappa shape index (κ2) is 8.17. The molecule has 1 aliphatic rings. The minimum absolute atomic E-state index is 0. The third-order valence-electron chi connectivity index (χ3n) is 3.67. The van der Waals surface area contributed by atoms with Crippen molar-refractivity contribution in [1.82, 2.24) is 24.9 Å². The van der Waals surface area contributed by atoms with Gasteiger partial charge in [0.1, 0.15) is 10.5 Å². The normalized spacial score (nSPS) is 16.8. The minimum atomic E-state index is 0. The Kier molecular flexibility index (Phi) is 5.94. The number of hydrogen-bond acceptors (Lipinski definition) is 8. The van der Waals surface area contributed by atoms with E-state index >= 15 is 0 Å². The van der Waals surface area contributed by atoms with Crippen molar-refractivity contribution in [2.75, 3.05) is 25.1 Å². The molecule has 11 heteroatoms. The molecule has 1 atom stereocenters. The van der Waals surface area contributed by atoms with Gasteiger partial charge in [0.25, 0.3) is 6.01 Å². The second-order valence-corrected chi connectivity index (χ2v) is 6.72. The van der Waals surface area contributed by atoms with Crippen LogP contribution in [0.4, 0.5) is 5.82 Å². The number of halogens is 1. The molecule has 8 nitrogen and oxygen atoms in total. The molecular weight excluding hydrogens is 384 g/mol. The molecule has 0 aliphatic carbocycles. The van der Waals surface area contributed by atoms with Gasteiger partial charge in [-0.1, -0.05) is 0 Å². The van der Waals surface area contributed by atoms with E-state index in [0.29, 0.717) is 42.1 Å². The van der Waals surface area contributed by atoms with Gasteiger partial charge in [-0.3, -0.25) is 0 Å². The van der Waals surface area contributed by atoms with Crippen molar-refractivity contribution in [3.8, 4) is 6.01 Å². The number of rotatable bonds is 6. The van der Waals surface area contributed by atoms with Crippen molar-refractivity contribution >= 4 is 53.4 Å². The van der Waals surface area contributed by atoms with Crippen molar-refractivity contribution in [3.63, 3.8) is 0 Å². The number of H-pyrrole nitrogens is 1. The molecule has 2 N–H and O–H groups in total. The van der Waals surface area contributed by atoms with E-state index in [4.69, 9.17) is 21.1 Å². The lowest BCUT2D eigenvalue weighted by molar-refractivity contribution is 0.164. The number of nitrogens with zero attached hydrogens (tertiary/aromatic N) is 4. The van der Waals surface area contributed by atoms with Crippen LogP contribution in [0.5, 0.6) is 6.01 Å². The molecule has 4 heterocycles. The van der Waals surface area contributed by atoms with E-state index in [1.165, 1.54) is 0 Å². The van der Waals surface area contributed by atoms with Crippen LogP contribution in [-0.2, 0) is 11.3 Å². The number of aromatic amines is 1. The number of thiazole rings is 1. The fourth-order valence-corrected chi connectivity index (χ4v) is 3.18. The summed E-state index contributed by atoms with van der Waals surface area (Å²) in [7, 11) is 0. The first-order valence-electron chi connectivity index (χ1n) is 7.54. The molecule has 4 rings (SSSR count). The Hall–Kier alpha value is -1.62. The van der Waals surface area contributed by atoms with E-state index in [1.807, 2.05) is 5.38 Å². The molecule has 0 bridgehead atoms. The molecule has 3 aromatic heterocycles. The lowest BCUT2D eigenvalue weighted by atomic mass is 10.1. The highest BCUT2D eigenvalue weighted by atomic mass is 35.5. The molecule has 0 spiro atoms. The average Bonchev–Trinajstić information content (AvgIpc) is 3.31. The molecule has 1 fully saturated rings. The lowest BCUT2D eigenvalue weighted by Gasteiger charge is -2.06. The molecule has 1 aliphatic heterocycles. The fourth-order valence-electron chi connectivity index (χ4n) is 2.46. The molecule has 0 aromatic carbocycles. The minimum Gasteiger partial charge on any atom is -0.464 e. The Balaban J connectivity index is 0.00000182. The SMILES string of the molecule is Clc1nc(NCc2nccs2)c2[nH]c(OC[C@@H]3CCOC3)nc2n1.S. The van der Waals surface area contributed by atoms with Crippen LogP contribution in [0.3, 0.4) is 0 Å². The quantitative estimate of drug-likeness (QED) is 0.613. The Morgan fingerprint density at radius 1 is 1.40 bits per heavy atom. The van der Waals surface area contributed by atoms with Crippen LogP contribution in [0, 0.1) is 5.92 Å². The highest BCUT2D eigenvalue weighted by Crippen LogP contribution is 2.24. The first kappa shape index (κ1) is 18.2. The summed E-state index contributed by atoms with van der Waals surface area (Å²) in [6.07, 6.45) is 2.77. The zero-order valence-electron chi connectivity index (χ0n) is 13.2. The number of hydrogen-bond donors (Lipinski definition) is 2. The fraction of sp³-hybridized carbons (Fsp3) is 0.429. The summed E-state index contributed by atoms with van der Waals surface area (Å²) in [5.41, 5.74) is 1.13. The number of nitrogens with one attached hydrogen (secondary N) is 2. The van der Waals surface area contributed by atoms with Gasteiger partial charge in [-0.15, -0.1) is 11.3 Å². The van der Waals surface area contributed by atoms with Crippen LogP contribution in [0.2, 0.25) is 5.28 Å². The van der Waals surface area contributed by atoms with E-state index in [-0.39, 0.29) is 18.8 Å². The average molecular weight is 401 g/mol. The van der Waals surface area contributed by atoms with Gasteiger partial charge in [0.05, 0.1) is 19.8 Å². The van der Waals surface area contributed by atoms with Gasteiger partial charge in [0.15, 0.2) is 11.5 Å². The molecule has 0 saturated carbocycles. The van der Waals surface area contributed by atoms with Gasteiger partial charge >= 0.3 is 0 Å². The Labute approximate surface area is 159 Å². The van der Waals surface area contributed by atoms with E-state index in [0.717, 1.165) is 24.6 Å². The van der Waals surface area contributed by atoms with Crippen molar-refractivity contribution in [2.45, 2.75) is 13.0 Å². The van der Waals surface area contributed by atoms with Crippen LogP contribution < -0.4 is 10.1 Å². The zero-order valence-corrected chi connectivity index (χ0v) is 15.7. The molecule has 0 radical (unpaired) electrons. The van der Waals surface area contributed by atoms with Crippen LogP contribution in [0.15, 0.2) is 11.6 Å². The Morgan fingerprint density at radius 3 is 3.08 bits per heavy atom. The first-order valence-corrected chi connectivity index (χ1v) is 8.80. The third kappa shape index (κ3) is 4.32. The highest BCUT2D eigenvalue weighted by Gasteiger charge is 2.18. The number of ether oxygens (including phenoxy) is 2. The summed E-state index contributed by atoms with van der Waals surface area (Å²) in [6, 6.07) is 0.408. The van der Waals surface area contributed by atoms with Gasteiger partial charge in [-0.25, -0.2) is 4.98 Å². The summed E-state index contributed by atoms with van der Waals surface area (Å²) >= 11 is 7.55. The Morgan fingerprint density at radius 2 is 2.32 bits per heavy atom. The number of fused-ring (bicyclic) bond motifs is 1. The van der Waals surface area contributed by atoms with Crippen LogP contribution in [-0.4, -0.2) is 44.7 Å². The molecule has 1 saturated heterocycles. The van der Waals surface area contributed by atoms with E-state index in [9.17, 15) is 0 Å². The maximum absolute atomic E-state index is 5.99. The van der Waals surface area contributed by atoms with Crippen molar-refractivity contribution in [3.05, 3.63) is 21.9 Å². The van der Waals surface area contributed by atoms with Gasteiger partial charge in [0.2, 0.25) is 5.28 Å². The summed E-state index contributed by atoms with van der Waals surface area (Å²) in [6.45, 7) is 2.63. The lowest BCUT2D eigenvalue weighted by Crippen LogP contribution is -2.12. The maximum atomic E-state index is 5.99. The van der Waals surface area contributed by atoms with Gasteiger partial charge < -0.3 is 19.8 Å². The summed E-state index contributed by atoms with van der Waals surface area (Å²) in [4.78, 5) is 20.0. The smallest absolute Gasteiger partial charge is 0.296 e. The van der Waals surface area contributed by atoms with Crippen molar-refractivity contribution in [1.29, 1.82) is 0 Å². The predicted molar refractivity (Wildman–Crippen MR) is 101 cm³/mol. The largest absolute Gasteiger partial charge is 0.464 e. The molecule has 25 heavy (non-hydrogen) atoms. The van der Waals surface area contributed by atoms with E-state index in [2.05, 4.69) is 30.2 Å². The van der Waals surface area contributed by atoms with E-state index < -0.39 is 0 Å². The highest BCUT2D eigenvalue weighted by molar-refractivity contribution is 7.59. The summed E-state index contributed by atoms with van der Waals surface area (Å²) in [5, 5.41) is 6.22. The Bertz CT molecular complexity index is 822. The predicted octanol–water partition coefficient (Wildman–Crippen LogP) is 2.60. The van der Waals surface area contributed by atoms with Gasteiger partial charge in [-0.05, 0) is 18.0 Å². The van der Waals surface area contributed by atoms with Crippen molar-refractivity contribution < 1.29 is 9.47 Å². The zero-order chi connectivity index (χ0) is 16.4. The summed E-state index contributed by atoms with van der Waals surface area (Å²) < 4.78 is 11.1. The molecule has 0 unspecified atom stereocenters. The van der Waals surface area contributed by atoms with Gasteiger partial charge in [-0.2, -0.15) is 28.4 Å².